The van der Waals surface area contributed by atoms with E-state index in [1.807, 2.05) is 6.20 Å². The first kappa shape index (κ1) is 17.8. The summed E-state index contributed by atoms with van der Waals surface area (Å²) in [6.45, 7) is 4.37. The van der Waals surface area contributed by atoms with E-state index in [1.165, 1.54) is 32.1 Å². The Morgan fingerprint density at radius 1 is 1.00 bits per heavy atom. The molecule has 1 aliphatic heterocycles. The molecule has 0 spiro atoms. The fourth-order valence-corrected chi connectivity index (χ4v) is 5.27. The highest BCUT2D eigenvalue weighted by atomic mass is 16.1. The first-order valence-electron chi connectivity index (χ1n) is 10.4. The molecule has 0 radical (unpaired) electrons. The maximum Gasteiger partial charge on any atom is 0.228 e. The van der Waals surface area contributed by atoms with Gasteiger partial charge in [-0.2, -0.15) is 0 Å². The van der Waals surface area contributed by atoms with Gasteiger partial charge in [0.15, 0.2) is 0 Å². The van der Waals surface area contributed by atoms with Crippen LogP contribution in [0, 0.1) is 0 Å². The summed E-state index contributed by atoms with van der Waals surface area (Å²) in [7, 11) is 0. The number of amides is 1. The summed E-state index contributed by atoms with van der Waals surface area (Å²) < 4.78 is 0. The van der Waals surface area contributed by atoms with Gasteiger partial charge in [-0.25, -0.2) is 4.98 Å². The molecule has 2 heterocycles. The number of nitrogens with two attached hydrogens (primary N) is 1. The number of piperazine rings is 1. The van der Waals surface area contributed by atoms with Crippen molar-refractivity contribution in [1.29, 1.82) is 0 Å². The molecule has 0 bridgehead atoms. The number of hydrogen-bond acceptors (Lipinski definition) is 4. The van der Waals surface area contributed by atoms with Gasteiger partial charge < -0.3 is 10.6 Å². The van der Waals surface area contributed by atoms with Crippen LogP contribution in [-0.4, -0.2) is 48.0 Å². The molecule has 4 rings (SSSR count). The van der Waals surface area contributed by atoms with E-state index in [0.29, 0.717) is 0 Å². The molecular formula is C21H32N4O. The minimum Gasteiger partial charge on any atom is -0.369 e. The van der Waals surface area contributed by atoms with Crippen LogP contribution in [0.4, 0.5) is 5.82 Å². The third-order valence-electron chi connectivity index (χ3n) is 6.96. The zero-order valence-electron chi connectivity index (χ0n) is 15.8. The van der Waals surface area contributed by atoms with Crippen LogP contribution < -0.4 is 10.6 Å². The van der Waals surface area contributed by atoms with Crippen LogP contribution in [0.3, 0.4) is 0 Å². The van der Waals surface area contributed by atoms with Gasteiger partial charge in [0, 0.05) is 38.4 Å². The molecule has 5 heteroatoms. The molecule has 1 aromatic heterocycles. The van der Waals surface area contributed by atoms with Gasteiger partial charge in [-0.3, -0.25) is 9.69 Å². The molecular weight excluding hydrogens is 324 g/mol. The second-order valence-corrected chi connectivity index (χ2v) is 8.37. The van der Waals surface area contributed by atoms with Gasteiger partial charge in [-0.15, -0.1) is 0 Å². The van der Waals surface area contributed by atoms with E-state index < -0.39 is 5.41 Å². The molecule has 0 unspecified atom stereocenters. The van der Waals surface area contributed by atoms with Crippen LogP contribution in [-0.2, 0) is 10.2 Å². The maximum atomic E-state index is 12.2. The van der Waals surface area contributed by atoms with Gasteiger partial charge in [0.1, 0.15) is 5.82 Å². The van der Waals surface area contributed by atoms with Crippen LogP contribution in [0.25, 0.3) is 0 Å². The van der Waals surface area contributed by atoms with Crippen molar-refractivity contribution in [3.63, 3.8) is 0 Å². The number of pyridine rings is 1. The molecule has 3 fully saturated rings. The van der Waals surface area contributed by atoms with Gasteiger partial charge in [-0.1, -0.05) is 38.2 Å². The summed E-state index contributed by atoms with van der Waals surface area (Å²) in [6.07, 6.45) is 12.5. The molecule has 2 saturated carbocycles. The Balaban J connectivity index is 1.42. The molecule has 2 N–H and O–H groups in total. The van der Waals surface area contributed by atoms with E-state index in [4.69, 9.17) is 10.7 Å². The smallest absolute Gasteiger partial charge is 0.228 e. The lowest BCUT2D eigenvalue weighted by atomic mass is 9.69. The second-order valence-electron chi connectivity index (χ2n) is 8.37. The van der Waals surface area contributed by atoms with E-state index in [-0.39, 0.29) is 5.91 Å². The number of anilines is 1. The van der Waals surface area contributed by atoms with Crippen molar-refractivity contribution in [2.45, 2.75) is 69.2 Å². The molecule has 26 heavy (non-hydrogen) atoms. The zero-order chi connectivity index (χ0) is 18.0. The van der Waals surface area contributed by atoms with E-state index in [0.717, 1.165) is 69.3 Å². The summed E-state index contributed by atoms with van der Waals surface area (Å²) in [4.78, 5) is 22.0. The highest BCUT2D eigenvalue weighted by molar-refractivity contribution is 5.86. The second kappa shape index (κ2) is 7.55. The lowest BCUT2D eigenvalue weighted by Gasteiger charge is -2.39. The SMILES string of the molecule is NC(=O)C1(c2ccc(N3CCN(C4CCCC4)CC3)nc2)CCCCC1. The van der Waals surface area contributed by atoms with E-state index in [1.54, 1.807) is 0 Å². The van der Waals surface area contributed by atoms with E-state index >= 15 is 0 Å². The number of aromatic nitrogens is 1. The van der Waals surface area contributed by atoms with Gasteiger partial charge in [-0.05, 0) is 37.3 Å². The summed E-state index contributed by atoms with van der Waals surface area (Å²) in [5.41, 5.74) is 6.32. The lowest BCUT2D eigenvalue weighted by molar-refractivity contribution is -0.124. The average molecular weight is 357 g/mol. The Bertz CT molecular complexity index is 609. The third-order valence-corrected chi connectivity index (χ3v) is 6.96. The molecule has 2 aliphatic carbocycles. The topological polar surface area (TPSA) is 62.5 Å². The minimum absolute atomic E-state index is 0.183. The van der Waals surface area contributed by atoms with Crippen molar-refractivity contribution in [3.05, 3.63) is 23.9 Å². The van der Waals surface area contributed by atoms with Gasteiger partial charge in [0.2, 0.25) is 5.91 Å². The number of rotatable bonds is 4. The van der Waals surface area contributed by atoms with Crippen LogP contribution in [0.2, 0.25) is 0 Å². The van der Waals surface area contributed by atoms with Gasteiger partial charge in [0.25, 0.3) is 0 Å². The number of nitrogens with zero attached hydrogens (tertiary/aromatic N) is 3. The third kappa shape index (κ3) is 3.34. The van der Waals surface area contributed by atoms with Crippen LogP contribution in [0.1, 0.15) is 63.4 Å². The standard InChI is InChI=1S/C21H32N4O/c22-20(26)21(10-4-1-5-11-21)17-8-9-19(23-16-17)25-14-12-24(13-15-25)18-6-2-3-7-18/h8-9,16,18H,1-7,10-15H2,(H2,22,26). The van der Waals surface area contributed by atoms with Crippen molar-refractivity contribution in [3.8, 4) is 0 Å². The summed E-state index contributed by atoms with van der Waals surface area (Å²) in [5.74, 6) is 0.854. The monoisotopic (exact) mass is 356 g/mol. The number of carbonyl (C=O) groups excluding carboxylic acids is 1. The maximum absolute atomic E-state index is 12.2. The molecule has 0 aromatic carbocycles. The van der Waals surface area contributed by atoms with Crippen molar-refractivity contribution >= 4 is 11.7 Å². The van der Waals surface area contributed by atoms with E-state index in [2.05, 4.69) is 21.9 Å². The lowest BCUT2D eigenvalue weighted by Crippen LogP contribution is -2.50. The molecule has 0 atom stereocenters. The number of hydrogen-bond donors (Lipinski definition) is 1. The largest absolute Gasteiger partial charge is 0.369 e. The van der Waals surface area contributed by atoms with Crippen LogP contribution in [0.15, 0.2) is 18.3 Å². The first-order valence-corrected chi connectivity index (χ1v) is 10.4. The Kier molecular flexibility index (Phi) is 5.16. The molecule has 5 nitrogen and oxygen atoms in total. The zero-order valence-corrected chi connectivity index (χ0v) is 15.8. The molecule has 1 saturated heterocycles. The summed E-state index contributed by atoms with van der Waals surface area (Å²) in [6, 6.07) is 5.01. The molecule has 1 amide bonds. The van der Waals surface area contributed by atoms with Gasteiger partial charge >= 0.3 is 0 Å². The summed E-state index contributed by atoms with van der Waals surface area (Å²) >= 11 is 0. The Morgan fingerprint density at radius 2 is 1.69 bits per heavy atom. The predicted molar refractivity (Wildman–Crippen MR) is 104 cm³/mol. The van der Waals surface area contributed by atoms with Crippen molar-refractivity contribution < 1.29 is 4.79 Å². The van der Waals surface area contributed by atoms with Gasteiger partial charge in [0.05, 0.1) is 5.41 Å². The fourth-order valence-electron chi connectivity index (χ4n) is 5.27. The predicted octanol–water partition coefficient (Wildman–Crippen LogP) is 2.83. The molecule has 3 aliphatic rings. The van der Waals surface area contributed by atoms with Crippen molar-refractivity contribution in [2.75, 3.05) is 31.1 Å². The Labute approximate surface area is 156 Å². The minimum atomic E-state index is -0.495. The van der Waals surface area contributed by atoms with Crippen molar-refractivity contribution in [2.24, 2.45) is 5.73 Å². The number of primary amides is 1. The highest BCUT2D eigenvalue weighted by Gasteiger charge is 2.39. The normalized spacial score (nSPS) is 24.7. The highest BCUT2D eigenvalue weighted by Crippen LogP contribution is 2.39. The fraction of sp³-hybridized carbons (Fsp3) is 0.714. The quantitative estimate of drug-likeness (QED) is 0.901. The Morgan fingerprint density at radius 3 is 2.27 bits per heavy atom. The molecule has 1 aromatic rings. The van der Waals surface area contributed by atoms with E-state index in [9.17, 15) is 4.79 Å². The molecule has 142 valence electrons. The number of carbonyl (C=O) groups is 1. The Hall–Kier alpha value is -1.62. The van der Waals surface area contributed by atoms with Crippen LogP contribution >= 0.6 is 0 Å². The summed E-state index contributed by atoms with van der Waals surface area (Å²) in [5, 5.41) is 0. The average Bonchev–Trinajstić information content (AvgIpc) is 3.23. The van der Waals surface area contributed by atoms with Crippen LogP contribution in [0.5, 0.6) is 0 Å². The first-order chi connectivity index (χ1) is 12.7. The van der Waals surface area contributed by atoms with Crippen molar-refractivity contribution in [1.82, 2.24) is 9.88 Å².